The van der Waals surface area contributed by atoms with Crippen molar-refractivity contribution in [3.63, 3.8) is 0 Å². The van der Waals surface area contributed by atoms with E-state index in [9.17, 15) is 0 Å². The molecule has 0 saturated heterocycles. The van der Waals surface area contributed by atoms with Gasteiger partial charge in [0.2, 0.25) is 0 Å². The summed E-state index contributed by atoms with van der Waals surface area (Å²) in [6.45, 7) is 2.28. The standard InChI is InChI=1S/C16H31Cl/c1-2-3-4-5-6-7-8-9-10-11-12-13-14-15-16-17/h15-16H,2-14H2,1H3/b16-15+. The third kappa shape index (κ3) is 16.0. The van der Waals surface area contributed by atoms with Crippen molar-refractivity contribution in [2.75, 3.05) is 0 Å². The van der Waals surface area contributed by atoms with Gasteiger partial charge >= 0.3 is 0 Å². The third-order valence-corrected chi connectivity index (χ3v) is 3.49. The third-order valence-electron chi connectivity index (χ3n) is 3.31. The molecular formula is C16H31Cl. The average Bonchev–Trinajstić information content (AvgIpc) is 2.35. The van der Waals surface area contributed by atoms with E-state index < -0.39 is 0 Å². The van der Waals surface area contributed by atoms with Gasteiger partial charge in [-0.3, -0.25) is 0 Å². The minimum Gasteiger partial charge on any atom is -0.0933 e. The van der Waals surface area contributed by atoms with Crippen molar-refractivity contribution in [2.45, 2.75) is 90.4 Å². The normalized spacial score (nSPS) is 11.4. The quantitative estimate of drug-likeness (QED) is 0.318. The summed E-state index contributed by atoms with van der Waals surface area (Å²) in [5, 5.41) is 0. The van der Waals surface area contributed by atoms with Gasteiger partial charge in [0.25, 0.3) is 0 Å². The van der Waals surface area contributed by atoms with Crippen LogP contribution in [-0.2, 0) is 0 Å². The minimum absolute atomic E-state index is 1.15. The number of unbranched alkanes of at least 4 members (excludes halogenated alkanes) is 12. The predicted molar refractivity (Wildman–Crippen MR) is 80.7 cm³/mol. The van der Waals surface area contributed by atoms with Gasteiger partial charge in [-0.05, 0) is 12.8 Å². The van der Waals surface area contributed by atoms with Gasteiger partial charge in [0, 0.05) is 5.54 Å². The molecule has 1 heteroatoms. The van der Waals surface area contributed by atoms with E-state index in [0.717, 1.165) is 6.42 Å². The van der Waals surface area contributed by atoms with Crippen molar-refractivity contribution in [3.05, 3.63) is 11.6 Å². The molecule has 0 unspecified atom stereocenters. The van der Waals surface area contributed by atoms with Gasteiger partial charge in [0.05, 0.1) is 0 Å². The van der Waals surface area contributed by atoms with E-state index in [1.54, 1.807) is 5.54 Å². The van der Waals surface area contributed by atoms with Crippen LogP contribution < -0.4 is 0 Å². The second-order valence-corrected chi connectivity index (χ2v) is 5.29. The topological polar surface area (TPSA) is 0 Å². The molecule has 0 aliphatic rings. The fraction of sp³-hybridized carbons (Fsp3) is 0.875. The van der Waals surface area contributed by atoms with Gasteiger partial charge in [-0.25, -0.2) is 0 Å². The van der Waals surface area contributed by atoms with Crippen molar-refractivity contribution >= 4 is 11.6 Å². The maximum atomic E-state index is 5.46. The largest absolute Gasteiger partial charge is 0.0933 e. The summed E-state index contributed by atoms with van der Waals surface area (Å²) in [6.07, 6.45) is 20.2. The first-order valence-electron chi connectivity index (χ1n) is 7.67. The van der Waals surface area contributed by atoms with Crippen LogP contribution in [0.3, 0.4) is 0 Å². The van der Waals surface area contributed by atoms with Gasteiger partial charge in [-0.1, -0.05) is 95.2 Å². The molecule has 0 atom stereocenters. The first-order valence-corrected chi connectivity index (χ1v) is 8.10. The summed E-state index contributed by atoms with van der Waals surface area (Å²) < 4.78 is 0. The fourth-order valence-corrected chi connectivity index (χ4v) is 2.29. The van der Waals surface area contributed by atoms with E-state index in [0.29, 0.717) is 0 Å². The molecule has 0 aromatic carbocycles. The Kier molecular flexibility index (Phi) is 16.1. The second kappa shape index (κ2) is 16.0. The highest BCUT2D eigenvalue weighted by Gasteiger charge is 1.92. The maximum absolute atomic E-state index is 5.46. The van der Waals surface area contributed by atoms with Crippen LogP contribution in [-0.4, -0.2) is 0 Å². The molecule has 0 amide bonds. The van der Waals surface area contributed by atoms with Crippen LogP contribution in [0.4, 0.5) is 0 Å². The van der Waals surface area contributed by atoms with Crippen molar-refractivity contribution in [3.8, 4) is 0 Å². The van der Waals surface area contributed by atoms with E-state index in [2.05, 4.69) is 13.0 Å². The Balaban J connectivity index is 2.89. The lowest BCUT2D eigenvalue weighted by Crippen LogP contribution is -1.82. The van der Waals surface area contributed by atoms with E-state index in [1.807, 2.05) is 0 Å². The molecule has 0 spiro atoms. The average molecular weight is 259 g/mol. The zero-order valence-corrected chi connectivity index (χ0v) is 12.5. The maximum Gasteiger partial charge on any atom is 0.000245 e. The van der Waals surface area contributed by atoms with Gasteiger partial charge in [-0.2, -0.15) is 0 Å². The zero-order valence-electron chi connectivity index (χ0n) is 11.7. The van der Waals surface area contributed by atoms with Crippen LogP contribution >= 0.6 is 11.6 Å². The molecule has 0 aromatic rings. The number of hydrogen-bond acceptors (Lipinski definition) is 0. The molecule has 0 aliphatic carbocycles. The van der Waals surface area contributed by atoms with Gasteiger partial charge < -0.3 is 0 Å². The van der Waals surface area contributed by atoms with E-state index >= 15 is 0 Å². The molecule has 0 radical (unpaired) electrons. The van der Waals surface area contributed by atoms with Crippen molar-refractivity contribution < 1.29 is 0 Å². The van der Waals surface area contributed by atoms with Crippen LogP contribution in [0.25, 0.3) is 0 Å². The smallest absolute Gasteiger partial charge is 0.000245 e. The summed E-state index contributed by atoms with van der Waals surface area (Å²) in [4.78, 5) is 0. The molecule has 0 aliphatic heterocycles. The summed E-state index contributed by atoms with van der Waals surface area (Å²) in [7, 11) is 0. The van der Waals surface area contributed by atoms with Crippen LogP contribution in [0, 0.1) is 0 Å². The summed E-state index contributed by atoms with van der Waals surface area (Å²) >= 11 is 5.46. The number of rotatable bonds is 13. The Morgan fingerprint density at radius 3 is 1.47 bits per heavy atom. The monoisotopic (exact) mass is 258 g/mol. The second-order valence-electron chi connectivity index (χ2n) is 5.04. The Morgan fingerprint density at radius 1 is 0.647 bits per heavy atom. The van der Waals surface area contributed by atoms with Crippen LogP contribution in [0.2, 0.25) is 0 Å². The molecule has 17 heavy (non-hydrogen) atoms. The molecule has 0 N–H and O–H groups in total. The van der Waals surface area contributed by atoms with E-state index in [-0.39, 0.29) is 0 Å². The lowest BCUT2D eigenvalue weighted by Gasteiger charge is -2.02. The highest BCUT2D eigenvalue weighted by molar-refractivity contribution is 6.25. The molecule has 0 saturated carbocycles. The molecule has 102 valence electrons. The van der Waals surface area contributed by atoms with Crippen molar-refractivity contribution in [1.29, 1.82) is 0 Å². The Morgan fingerprint density at radius 2 is 1.06 bits per heavy atom. The fourth-order valence-electron chi connectivity index (χ4n) is 2.17. The van der Waals surface area contributed by atoms with Gasteiger partial charge in [0.15, 0.2) is 0 Å². The molecule has 0 heterocycles. The summed E-state index contributed by atoms with van der Waals surface area (Å²) in [5.74, 6) is 0. The van der Waals surface area contributed by atoms with Gasteiger partial charge in [0.1, 0.15) is 0 Å². The number of hydrogen-bond donors (Lipinski definition) is 0. The lowest BCUT2D eigenvalue weighted by atomic mass is 10.0. The number of allylic oxidation sites excluding steroid dienone is 1. The molecule has 0 rings (SSSR count). The Bertz CT molecular complexity index is 152. The Labute approximate surface area is 114 Å². The molecule has 0 aromatic heterocycles. The SMILES string of the molecule is CCCCCCCCCCCCCC/C=C/Cl. The Hall–Kier alpha value is 0.0300. The summed E-state index contributed by atoms with van der Waals surface area (Å²) in [5.41, 5.74) is 1.64. The van der Waals surface area contributed by atoms with Crippen LogP contribution in [0.15, 0.2) is 11.6 Å². The minimum atomic E-state index is 1.15. The van der Waals surface area contributed by atoms with Crippen LogP contribution in [0.1, 0.15) is 90.4 Å². The van der Waals surface area contributed by atoms with E-state index in [1.165, 1.54) is 77.0 Å². The van der Waals surface area contributed by atoms with Crippen LogP contribution in [0.5, 0.6) is 0 Å². The summed E-state index contributed by atoms with van der Waals surface area (Å²) in [6, 6.07) is 0. The molecule has 0 nitrogen and oxygen atoms in total. The van der Waals surface area contributed by atoms with E-state index in [4.69, 9.17) is 11.6 Å². The first-order chi connectivity index (χ1) is 8.41. The molecule has 0 fully saturated rings. The highest BCUT2D eigenvalue weighted by Crippen LogP contribution is 2.12. The first kappa shape index (κ1) is 17.0. The molecule has 0 bridgehead atoms. The van der Waals surface area contributed by atoms with Gasteiger partial charge in [-0.15, -0.1) is 0 Å². The highest BCUT2D eigenvalue weighted by atomic mass is 35.5. The van der Waals surface area contributed by atoms with Crippen molar-refractivity contribution in [2.24, 2.45) is 0 Å². The zero-order chi connectivity index (χ0) is 12.6. The molecular weight excluding hydrogens is 228 g/mol. The number of halogens is 1. The lowest BCUT2D eigenvalue weighted by molar-refractivity contribution is 0.545. The predicted octanol–water partition coefficient (Wildman–Crippen LogP) is 6.83. The van der Waals surface area contributed by atoms with Crippen molar-refractivity contribution in [1.82, 2.24) is 0 Å².